The van der Waals surface area contributed by atoms with Crippen LogP contribution in [0.25, 0.3) is 0 Å². The predicted molar refractivity (Wildman–Crippen MR) is 111 cm³/mol. The van der Waals surface area contributed by atoms with Crippen LogP contribution in [0.5, 0.6) is 11.5 Å². The second-order valence-corrected chi connectivity index (χ2v) is 6.10. The van der Waals surface area contributed by atoms with Gasteiger partial charge < -0.3 is 14.4 Å². The first-order chi connectivity index (χ1) is 14.4. The molecule has 0 unspecified atom stereocenters. The van der Waals surface area contributed by atoms with Crippen molar-refractivity contribution >= 4 is 23.2 Å². The van der Waals surface area contributed by atoms with Gasteiger partial charge >= 0.3 is 5.69 Å². The zero-order valence-electron chi connectivity index (χ0n) is 17.0. The smallest absolute Gasteiger partial charge is 0.314 e. The molecular weight excluding hydrogens is 392 g/mol. The molecule has 0 aliphatic heterocycles. The molecule has 2 rings (SSSR count). The number of ether oxygens (including phenoxy) is 2. The van der Waals surface area contributed by atoms with Gasteiger partial charge in [-0.25, -0.2) is 0 Å². The highest BCUT2D eigenvalue weighted by molar-refractivity contribution is 5.95. The van der Waals surface area contributed by atoms with Crippen molar-refractivity contribution in [2.24, 2.45) is 0 Å². The zero-order valence-corrected chi connectivity index (χ0v) is 17.0. The highest BCUT2D eigenvalue weighted by Crippen LogP contribution is 2.30. The fraction of sp³-hybridized carbons (Fsp3) is 0.300. The van der Waals surface area contributed by atoms with Crippen LogP contribution in [0.1, 0.15) is 24.2 Å². The number of methoxy groups -OCH3 is 1. The van der Waals surface area contributed by atoms with Gasteiger partial charge in [-0.15, -0.1) is 0 Å². The summed E-state index contributed by atoms with van der Waals surface area (Å²) in [6.07, 6.45) is 0. The van der Waals surface area contributed by atoms with Crippen LogP contribution in [-0.2, 0) is 4.79 Å². The van der Waals surface area contributed by atoms with E-state index >= 15 is 0 Å². The van der Waals surface area contributed by atoms with E-state index in [-0.39, 0.29) is 17.2 Å². The van der Waals surface area contributed by atoms with E-state index in [0.717, 1.165) is 18.8 Å². The number of hydrogen-bond donors (Lipinski definition) is 2. The fourth-order valence-electron chi connectivity index (χ4n) is 2.68. The van der Waals surface area contributed by atoms with Crippen LogP contribution in [-0.4, -0.2) is 43.5 Å². The average Bonchev–Trinajstić information content (AvgIpc) is 2.77. The van der Waals surface area contributed by atoms with Gasteiger partial charge in [-0.2, -0.15) is 0 Å². The first kappa shape index (κ1) is 22.5. The second-order valence-electron chi connectivity index (χ2n) is 6.10. The summed E-state index contributed by atoms with van der Waals surface area (Å²) in [5.74, 6) is -0.967. The monoisotopic (exact) mass is 416 g/mol. The number of hydrogen-bond acceptors (Lipinski definition) is 7. The summed E-state index contributed by atoms with van der Waals surface area (Å²) in [4.78, 5) is 36.7. The van der Waals surface area contributed by atoms with Gasteiger partial charge in [0.1, 0.15) is 5.75 Å². The molecule has 0 saturated carbocycles. The van der Waals surface area contributed by atoms with Crippen molar-refractivity contribution in [2.75, 3.05) is 31.7 Å². The van der Waals surface area contributed by atoms with E-state index in [1.807, 2.05) is 26.0 Å². The minimum absolute atomic E-state index is 0.0886. The standard InChI is InChI=1S/C20H24N4O6/c1-4-23(5-2)15-8-6-14(7-9-15)20(26)22-21-19(25)13-30-18-11-10-16(29-3)12-17(18)24(27)28/h6-12H,4-5,13H2,1-3H3,(H,21,25)(H,22,26). The van der Waals surface area contributed by atoms with E-state index in [1.54, 1.807) is 12.1 Å². The topological polar surface area (TPSA) is 123 Å². The summed E-state index contributed by atoms with van der Waals surface area (Å²) in [7, 11) is 1.38. The Morgan fingerprint density at radius 1 is 1.07 bits per heavy atom. The Labute approximate surface area is 173 Å². The van der Waals surface area contributed by atoms with Gasteiger partial charge in [0, 0.05) is 24.3 Å². The molecule has 2 amide bonds. The minimum Gasteiger partial charge on any atom is -0.496 e. The van der Waals surface area contributed by atoms with E-state index < -0.39 is 23.3 Å². The Morgan fingerprint density at radius 2 is 1.73 bits per heavy atom. The predicted octanol–water partition coefficient (Wildman–Crippen LogP) is 2.29. The van der Waals surface area contributed by atoms with Crippen molar-refractivity contribution in [2.45, 2.75) is 13.8 Å². The molecule has 10 heteroatoms. The van der Waals surface area contributed by atoms with Crippen molar-refractivity contribution in [1.29, 1.82) is 0 Å². The number of benzene rings is 2. The third kappa shape index (κ3) is 5.84. The van der Waals surface area contributed by atoms with Gasteiger partial charge in [-0.3, -0.25) is 30.6 Å². The van der Waals surface area contributed by atoms with Crippen LogP contribution in [0.15, 0.2) is 42.5 Å². The number of carbonyl (C=O) groups excluding carboxylic acids is 2. The minimum atomic E-state index is -0.673. The van der Waals surface area contributed by atoms with Gasteiger partial charge in [0.25, 0.3) is 11.8 Å². The number of nitro groups is 1. The molecule has 160 valence electrons. The lowest BCUT2D eigenvalue weighted by molar-refractivity contribution is -0.385. The van der Waals surface area contributed by atoms with Crippen molar-refractivity contribution in [3.63, 3.8) is 0 Å². The maximum atomic E-state index is 12.2. The molecule has 30 heavy (non-hydrogen) atoms. The fourth-order valence-corrected chi connectivity index (χ4v) is 2.68. The molecule has 0 spiro atoms. The summed E-state index contributed by atoms with van der Waals surface area (Å²) >= 11 is 0. The molecule has 2 aromatic carbocycles. The van der Waals surface area contributed by atoms with Gasteiger partial charge in [-0.1, -0.05) is 0 Å². The van der Waals surface area contributed by atoms with Crippen LogP contribution < -0.4 is 25.2 Å². The second kappa shape index (κ2) is 10.6. The first-order valence-electron chi connectivity index (χ1n) is 9.29. The molecule has 10 nitrogen and oxygen atoms in total. The van der Waals surface area contributed by atoms with Crippen molar-refractivity contribution in [3.8, 4) is 11.5 Å². The summed E-state index contributed by atoms with van der Waals surface area (Å²) in [6.45, 7) is 5.27. The molecule has 0 aliphatic carbocycles. The van der Waals surface area contributed by atoms with Gasteiger partial charge in [0.05, 0.1) is 18.1 Å². The number of rotatable bonds is 9. The first-order valence-corrected chi connectivity index (χ1v) is 9.29. The zero-order chi connectivity index (χ0) is 22.1. The molecule has 0 heterocycles. The Hall–Kier alpha value is -3.82. The highest BCUT2D eigenvalue weighted by atomic mass is 16.6. The Morgan fingerprint density at radius 3 is 2.30 bits per heavy atom. The summed E-state index contributed by atoms with van der Waals surface area (Å²) in [5, 5.41) is 11.1. The number of nitro benzene ring substituents is 1. The molecule has 0 fully saturated rings. The number of nitrogens with one attached hydrogen (secondary N) is 2. The molecular formula is C20H24N4O6. The number of amides is 2. The lowest BCUT2D eigenvalue weighted by atomic mass is 10.2. The van der Waals surface area contributed by atoms with Crippen molar-refractivity contribution < 1.29 is 24.0 Å². The van der Waals surface area contributed by atoms with E-state index in [4.69, 9.17) is 9.47 Å². The van der Waals surface area contributed by atoms with Crippen LogP contribution in [0.3, 0.4) is 0 Å². The molecule has 2 aromatic rings. The van der Waals surface area contributed by atoms with Crippen molar-refractivity contribution in [1.82, 2.24) is 10.9 Å². The highest BCUT2D eigenvalue weighted by Gasteiger charge is 2.18. The normalized spacial score (nSPS) is 10.1. The van der Waals surface area contributed by atoms with Crippen LogP contribution in [0.2, 0.25) is 0 Å². The third-order valence-corrected chi connectivity index (χ3v) is 4.30. The number of anilines is 1. The van der Waals surface area contributed by atoms with E-state index in [2.05, 4.69) is 15.8 Å². The summed E-state index contributed by atoms with van der Waals surface area (Å²) in [5.41, 5.74) is 5.53. The van der Waals surface area contributed by atoms with Crippen LogP contribution in [0, 0.1) is 10.1 Å². The Balaban J connectivity index is 1.89. The lowest BCUT2D eigenvalue weighted by Gasteiger charge is -2.21. The summed E-state index contributed by atoms with van der Waals surface area (Å²) in [6, 6.07) is 11.0. The van der Waals surface area contributed by atoms with Crippen LogP contribution in [0.4, 0.5) is 11.4 Å². The number of carbonyl (C=O) groups is 2. The number of hydrazine groups is 1. The molecule has 0 radical (unpaired) electrons. The molecule has 0 bridgehead atoms. The van der Waals surface area contributed by atoms with Gasteiger partial charge in [0.2, 0.25) is 0 Å². The van der Waals surface area contributed by atoms with Crippen molar-refractivity contribution in [3.05, 3.63) is 58.1 Å². The van der Waals surface area contributed by atoms with Gasteiger partial charge in [0.15, 0.2) is 12.4 Å². The third-order valence-electron chi connectivity index (χ3n) is 4.30. The van der Waals surface area contributed by atoms with E-state index in [1.165, 1.54) is 25.3 Å². The van der Waals surface area contributed by atoms with E-state index in [0.29, 0.717) is 5.56 Å². The molecule has 0 aromatic heterocycles. The maximum Gasteiger partial charge on any atom is 0.314 e. The lowest BCUT2D eigenvalue weighted by Crippen LogP contribution is -2.43. The molecule has 0 atom stereocenters. The van der Waals surface area contributed by atoms with Gasteiger partial charge in [-0.05, 0) is 50.2 Å². The molecule has 2 N–H and O–H groups in total. The van der Waals surface area contributed by atoms with E-state index in [9.17, 15) is 19.7 Å². The van der Waals surface area contributed by atoms with Crippen LogP contribution >= 0.6 is 0 Å². The molecule has 0 saturated heterocycles. The Bertz CT molecular complexity index is 897. The number of nitrogens with zero attached hydrogens (tertiary/aromatic N) is 2. The SMILES string of the molecule is CCN(CC)c1ccc(C(=O)NNC(=O)COc2ccc(OC)cc2[N+](=O)[O-])cc1. The molecule has 0 aliphatic rings. The maximum absolute atomic E-state index is 12.2. The quantitative estimate of drug-likeness (QED) is 0.475. The Kier molecular flexibility index (Phi) is 7.98. The largest absolute Gasteiger partial charge is 0.496 e. The summed E-state index contributed by atoms with van der Waals surface area (Å²) < 4.78 is 10.1. The average molecular weight is 416 g/mol.